The van der Waals surface area contributed by atoms with Crippen molar-refractivity contribution in [2.75, 3.05) is 18.4 Å². The third-order valence-corrected chi connectivity index (χ3v) is 4.47. The number of carbonyl (C=O) groups is 1. The molecule has 0 bridgehead atoms. The third kappa shape index (κ3) is 3.68. The van der Waals surface area contributed by atoms with Crippen molar-refractivity contribution in [3.05, 3.63) is 34.7 Å². The van der Waals surface area contributed by atoms with E-state index in [1.807, 2.05) is 36.6 Å². The zero-order valence-corrected chi connectivity index (χ0v) is 12.9. The van der Waals surface area contributed by atoms with Gasteiger partial charge in [0.25, 0.3) is 0 Å². The number of benzene rings is 1. The number of nitrogens with zero attached hydrogens (tertiary/aromatic N) is 1. The molecule has 0 spiro atoms. The van der Waals surface area contributed by atoms with Crippen LogP contribution in [0.3, 0.4) is 0 Å². The molecule has 5 heteroatoms. The normalized spacial score (nSPS) is 17.9. The van der Waals surface area contributed by atoms with Gasteiger partial charge >= 0.3 is 0 Å². The van der Waals surface area contributed by atoms with Crippen molar-refractivity contribution >= 4 is 22.9 Å². The highest BCUT2D eigenvalue weighted by atomic mass is 32.1. The van der Waals surface area contributed by atoms with E-state index in [4.69, 9.17) is 0 Å². The number of hydrogen-bond donors (Lipinski definition) is 2. The predicted molar refractivity (Wildman–Crippen MR) is 86.5 cm³/mol. The SMILES string of the molecule is Cc1nc(-c2cccc(NC(=O)CC3CCNC3)c2)cs1. The first-order valence-corrected chi connectivity index (χ1v) is 8.12. The first-order chi connectivity index (χ1) is 10.2. The van der Waals surface area contributed by atoms with Crippen LogP contribution in [-0.4, -0.2) is 24.0 Å². The second kappa shape index (κ2) is 6.37. The van der Waals surface area contributed by atoms with E-state index in [1.165, 1.54) is 0 Å². The van der Waals surface area contributed by atoms with E-state index >= 15 is 0 Å². The standard InChI is InChI=1S/C16H19N3OS/c1-11-18-15(10-21-11)13-3-2-4-14(8-13)19-16(20)7-12-5-6-17-9-12/h2-4,8,10,12,17H,5-7,9H2,1H3,(H,19,20). The van der Waals surface area contributed by atoms with E-state index in [-0.39, 0.29) is 5.91 Å². The molecule has 1 saturated heterocycles. The van der Waals surface area contributed by atoms with Gasteiger partial charge in [-0.3, -0.25) is 4.79 Å². The van der Waals surface area contributed by atoms with E-state index in [0.29, 0.717) is 12.3 Å². The summed E-state index contributed by atoms with van der Waals surface area (Å²) in [7, 11) is 0. The molecule has 1 aromatic heterocycles. The summed E-state index contributed by atoms with van der Waals surface area (Å²) in [6.07, 6.45) is 1.68. The summed E-state index contributed by atoms with van der Waals surface area (Å²) >= 11 is 1.63. The van der Waals surface area contributed by atoms with Crippen LogP contribution in [0.5, 0.6) is 0 Å². The molecule has 0 radical (unpaired) electrons. The number of aryl methyl sites for hydroxylation is 1. The largest absolute Gasteiger partial charge is 0.326 e. The van der Waals surface area contributed by atoms with Gasteiger partial charge in [-0.05, 0) is 44.5 Å². The van der Waals surface area contributed by atoms with Crippen LogP contribution >= 0.6 is 11.3 Å². The highest BCUT2D eigenvalue weighted by Crippen LogP contribution is 2.24. The molecule has 110 valence electrons. The van der Waals surface area contributed by atoms with Gasteiger partial charge in [0.2, 0.25) is 5.91 Å². The zero-order chi connectivity index (χ0) is 14.7. The maximum Gasteiger partial charge on any atom is 0.224 e. The smallest absolute Gasteiger partial charge is 0.224 e. The number of thiazole rings is 1. The Morgan fingerprint density at radius 2 is 2.43 bits per heavy atom. The van der Waals surface area contributed by atoms with Gasteiger partial charge in [0, 0.05) is 23.1 Å². The lowest BCUT2D eigenvalue weighted by Gasteiger charge is -2.10. The van der Waals surface area contributed by atoms with Crippen LogP contribution < -0.4 is 10.6 Å². The molecule has 3 rings (SSSR count). The van der Waals surface area contributed by atoms with Crippen molar-refractivity contribution in [2.45, 2.75) is 19.8 Å². The van der Waals surface area contributed by atoms with Gasteiger partial charge in [-0.25, -0.2) is 4.98 Å². The molecule has 1 atom stereocenters. The van der Waals surface area contributed by atoms with Crippen LogP contribution in [0.15, 0.2) is 29.6 Å². The fourth-order valence-corrected chi connectivity index (χ4v) is 3.24. The second-order valence-electron chi connectivity index (χ2n) is 5.44. The molecular weight excluding hydrogens is 282 g/mol. The van der Waals surface area contributed by atoms with Crippen LogP contribution in [0.4, 0.5) is 5.69 Å². The lowest BCUT2D eigenvalue weighted by molar-refractivity contribution is -0.116. The zero-order valence-electron chi connectivity index (χ0n) is 12.1. The quantitative estimate of drug-likeness (QED) is 0.912. The van der Waals surface area contributed by atoms with Crippen molar-refractivity contribution in [3.63, 3.8) is 0 Å². The number of nitrogens with one attached hydrogen (secondary N) is 2. The molecular formula is C16H19N3OS. The Labute approximate surface area is 128 Å². The molecule has 1 aromatic carbocycles. The number of amides is 1. The number of anilines is 1. The summed E-state index contributed by atoms with van der Waals surface area (Å²) in [5.74, 6) is 0.560. The van der Waals surface area contributed by atoms with Crippen LogP contribution in [0.2, 0.25) is 0 Å². The topological polar surface area (TPSA) is 54.0 Å². The first kappa shape index (κ1) is 14.2. The Bertz CT molecular complexity index is 632. The molecule has 2 heterocycles. The van der Waals surface area contributed by atoms with Crippen molar-refractivity contribution in [1.29, 1.82) is 0 Å². The fraction of sp³-hybridized carbons (Fsp3) is 0.375. The van der Waals surface area contributed by atoms with E-state index in [1.54, 1.807) is 11.3 Å². The monoisotopic (exact) mass is 301 g/mol. The minimum absolute atomic E-state index is 0.0929. The Morgan fingerprint density at radius 3 is 3.14 bits per heavy atom. The number of rotatable bonds is 4. The molecule has 1 aliphatic rings. The second-order valence-corrected chi connectivity index (χ2v) is 6.51. The minimum atomic E-state index is 0.0929. The Kier molecular flexibility index (Phi) is 4.31. The van der Waals surface area contributed by atoms with Gasteiger partial charge in [0.05, 0.1) is 10.7 Å². The van der Waals surface area contributed by atoms with Gasteiger partial charge in [-0.15, -0.1) is 11.3 Å². The van der Waals surface area contributed by atoms with Crippen LogP contribution in [-0.2, 0) is 4.79 Å². The maximum atomic E-state index is 12.1. The lowest BCUT2D eigenvalue weighted by Crippen LogP contribution is -2.18. The van der Waals surface area contributed by atoms with Crippen LogP contribution in [0.1, 0.15) is 17.8 Å². The van der Waals surface area contributed by atoms with Gasteiger partial charge in [0.1, 0.15) is 0 Å². The summed E-state index contributed by atoms with van der Waals surface area (Å²) < 4.78 is 0. The summed E-state index contributed by atoms with van der Waals surface area (Å²) in [4.78, 5) is 16.5. The molecule has 21 heavy (non-hydrogen) atoms. The highest BCUT2D eigenvalue weighted by molar-refractivity contribution is 7.09. The molecule has 4 nitrogen and oxygen atoms in total. The van der Waals surface area contributed by atoms with E-state index in [0.717, 1.165) is 41.5 Å². The molecule has 2 aromatic rings. The average molecular weight is 301 g/mol. The third-order valence-electron chi connectivity index (χ3n) is 3.70. The lowest BCUT2D eigenvalue weighted by atomic mass is 10.0. The van der Waals surface area contributed by atoms with Crippen LogP contribution in [0, 0.1) is 12.8 Å². The molecule has 1 amide bonds. The summed E-state index contributed by atoms with van der Waals surface area (Å²) in [6.45, 7) is 3.97. The number of aromatic nitrogens is 1. The van der Waals surface area contributed by atoms with Crippen molar-refractivity contribution in [3.8, 4) is 11.3 Å². The Hall–Kier alpha value is -1.72. The predicted octanol–water partition coefficient (Wildman–Crippen LogP) is 3.06. The molecule has 1 fully saturated rings. The number of carbonyl (C=O) groups excluding carboxylic acids is 1. The Morgan fingerprint density at radius 1 is 1.52 bits per heavy atom. The van der Waals surface area contributed by atoms with Crippen molar-refractivity contribution in [2.24, 2.45) is 5.92 Å². The first-order valence-electron chi connectivity index (χ1n) is 7.24. The molecule has 1 aliphatic heterocycles. The van der Waals surface area contributed by atoms with Gasteiger partial charge in [-0.2, -0.15) is 0 Å². The van der Waals surface area contributed by atoms with E-state index < -0.39 is 0 Å². The molecule has 0 aliphatic carbocycles. The maximum absolute atomic E-state index is 12.1. The minimum Gasteiger partial charge on any atom is -0.326 e. The van der Waals surface area contributed by atoms with Gasteiger partial charge < -0.3 is 10.6 Å². The molecule has 2 N–H and O–H groups in total. The van der Waals surface area contributed by atoms with E-state index in [9.17, 15) is 4.79 Å². The van der Waals surface area contributed by atoms with Crippen molar-refractivity contribution in [1.82, 2.24) is 10.3 Å². The average Bonchev–Trinajstić information content (AvgIpc) is 3.10. The van der Waals surface area contributed by atoms with E-state index in [2.05, 4.69) is 15.6 Å². The highest BCUT2D eigenvalue weighted by Gasteiger charge is 2.18. The molecule has 1 unspecified atom stereocenters. The summed E-state index contributed by atoms with van der Waals surface area (Å²) in [6, 6.07) is 7.88. The van der Waals surface area contributed by atoms with Crippen LogP contribution in [0.25, 0.3) is 11.3 Å². The van der Waals surface area contributed by atoms with Gasteiger partial charge in [-0.1, -0.05) is 12.1 Å². The fourth-order valence-electron chi connectivity index (χ4n) is 2.62. The van der Waals surface area contributed by atoms with Gasteiger partial charge in [0.15, 0.2) is 0 Å². The Balaban J connectivity index is 1.66. The molecule has 0 saturated carbocycles. The van der Waals surface area contributed by atoms with Crippen molar-refractivity contribution < 1.29 is 4.79 Å². The number of hydrogen-bond acceptors (Lipinski definition) is 4. The summed E-state index contributed by atoms with van der Waals surface area (Å²) in [5.41, 5.74) is 2.85. The summed E-state index contributed by atoms with van der Waals surface area (Å²) in [5, 5.41) is 9.37.